The average Bonchev–Trinajstić information content (AvgIpc) is 4.18. The van der Waals surface area contributed by atoms with Gasteiger partial charge in [-0.2, -0.15) is 0 Å². The molecule has 16 rings (SSSR count). The van der Waals surface area contributed by atoms with Crippen molar-refractivity contribution in [2.75, 3.05) is 4.90 Å². The maximum absolute atomic E-state index is 7.11. The zero-order chi connectivity index (χ0) is 44.3. The lowest BCUT2D eigenvalue weighted by atomic mass is 9.70. The van der Waals surface area contributed by atoms with Crippen molar-refractivity contribution < 1.29 is 4.42 Å². The van der Waals surface area contributed by atoms with E-state index in [2.05, 4.69) is 241 Å². The number of rotatable bonds is 3. The molecule has 0 saturated heterocycles. The second-order valence-electron chi connectivity index (χ2n) is 19.0. The van der Waals surface area contributed by atoms with E-state index >= 15 is 0 Å². The molecular formula is C66H39NO. The molecule has 11 aromatic carbocycles. The van der Waals surface area contributed by atoms with E-state index in [0.717, 1.165) is 39.0 Å². The maximum Gasteiger partial charge on any atom is 0.159 e. The minimum absolute atomic E-state index is 0.433. The molecule has 0 atom stereocenters. The van der Waals surface area contributed by atoms with Gasteiger partial charge in [-0.3, -0.25) is 0 Å². The maximum atomic E-state index is 7.11. The zero-order valence-electron chi connectivity index (χ0n) is 36.9. The molecular weight excluding hydrogens is 823 g/mol. The highest BCUT2D eigenvalue weighted by molar-refractivity contribution is 6.21. The van der Waals surface area contributed by atoms with Gasteiger partial charge in [0.1, 0.15) is 5.58 Å². The third-order valence-corrected chi connectivity index (χ3v) is 16.1. The van der Waals surface area contributed by atoms with Gasteiger partial charge in [-0.15, -0.1) is 0 Å². The molecule has 68 heavy (non-hydrogen) atoms. The van der Waals surface area contributed by atoms with Gasteiger partial charge in [-0.1, -0.05) is 200 Å². The number of fused-ring (bicyclic) bond motifs is 25. The van der Waals surface area contributed by atoms with Crippen molar-refractivity contribution in [2.45, 2.75) is 10.8 Å². The van der Waals surface area contributed by atoms with E-state index in [9.17, 15) is 0 Å². The van der Waals surface area contributed by atoms with Gasteiger partial charge in [0.05, 0.1) is 16.5 Å². The third-order valence-electron chi connectivity index (χ3n) is 16.1. The van der Waals surface area contributed by atoms with Crippen molar-refractivity contribution >= 4 is 49.8 Å². The summed E-state index contributed by atoms with van der Waals surface area (Å²) in [5.74, 6) is 0. The first kappa shape index (κ1) is 36.5. The van der Waals surface area contributed by atoms with Crippen LogP contribution in [0.25, 0.3) is 77.2 Å². The lowest BCUT2D eigenvalue weighted by Crippen LogP contribution is -2.26. The summed E-state index contributed by atoms with van der Waals surface area (Å²) in [4.78, 5) is 2.47. The number of hydrogen-bond acceptors (Lipinski definition) is 2. The van der Waals surface area contributed by atoms with Crippen LogP contribution in [0.15, 0.2) is 241 Å². The highest BCUT2D eigenvalue weighted by Crippen LogP contribution is 2.65. The highest BCUT2D eigenvalue weighted by Gasteiger charge is 2.53. The van der Waals surface area contributed by atoms with Crippen molar-refractivity contribution in [2.24, 2.45) is 0 Å². The Morgan fingerprint density at radius 3 is 1.29 bits per heavy atom. The van der Waals surface area contributed by atoms with Gasteiger partial charge >= 0.3 is 0 Å². The number of hydrogen-bond donors (Lipinski definition) is 0. The van der Waals surface area contributed by atoms with Crippen LogP contribution in [0.3, 0.4) is 0 Å². The molecule has 2 nitrogen and oxygen atoms in total. The van der Waals surface area contributed by atoms with E-state index in [1.54, 1.807) is 0 Å². The largest absolute Gasteiger partial charge is 0.454 e. The number of nitrogens with zero attached hydrogens (tertiary/aromatic N) is 1. The fourth-order valence-corrected chi connectivity index (χ4v) is 13.6. The Morgan fingerprint density at radius 2 is 0.721 bits per heavy atom. The van der Waals surface area contributed by atoms with Gasteiger partial charge in [-0.05, 0) is 136 Å². The summed E-state index contributed by atoms with van der Waals surface area (Å²) in [6, 6.07) is 88.5. The molecule has 314 valence electrons. The van der Waals surface area contributed by atoms with Crippen LogP contribution in [0, 0.1) is 0 Å². The Balaban J connectivity index is 0.993. The lowest BCUT2D eigenvalue weighted by Gasteiger charge is -2.32. The van der Waals surface area contributed by atoms with Crippen molar-refractivity contribution in [3.05, 3.63) is 281 Å². The fraction of sp³-hybridized carbons (Fsp3) is 0.0303. The predicted molar refractivity (Wildman–Crippen MR) is 279 cm³/mol. The monoisotopic (exact) mass is 861 g/mol. The molecule has 0 saturated carbocycles. The minimum atomic E-state index is -0.489. The van der Waals surface area contributed by atoms with Crippen molar-refractivity contribution in [3.8, 4) is 44.5 Å². The Morgan fingerprint density at radius 1 is 0.294 bits per heavy atom. The van der Waals surface area contributed by atoms with Crippen LogP contribution in [-0.2, 0) is 10.8 Å². The molecule has 2 spiro atoms. The molecule has 0 N–H and O–H groups in total. The zero-order valence-corrected chi connectivity index (χ0v) is 36.9. The molecule has 2 heteroatoms. The van der Waals surface area contributed by atoms with Crippen LogP contribution >= 0.6 is 0 Å². The first-order chi connectivity index (χ1) is 33.7. The van der Waals surface area contributed by atoms with Crippen molar-refractivity contribution in [3.63, 3.8) is 0 Å². The topological polar surface area (TPSA) is 16.4 Å². The molecule has 1 aromatic heterocycles. The van der Waals surface area contributed by atoms with Crippen LogP contribution in [0.5, 0.6) is 0 Å². The SMILES string of the molecule is c1ccc2c(c1)-c1ccccc1C21c2ccccc2-c2cc(N(c3ccc4c(c3)C3(c5ccccc5-c5ccccc53)c3ccccc3-4)c3cccc4c3oc3ccc5ccccc5c34)ccc21. The van der Waals surface area contributed by atoms with Gasteiger partial charge in [-0.25, -0.2) is 0 Å². The van der Waals surface area contributed by atoms with Crippen LogP contribution in [0.2, 0.25) is 0 Å². The standard InChI is InChI=1S/C66H39NO/c1-2-17-43-40(16-1)32-37-62-63(43)51-24-15-31-61(64(51)68-62)67(41-34-36-59-52(38-41)49-23-8-14-30-58(49)65(59)53-25-9-3-18-44(53)45-19-4-10-26-54(45)65)42-33-35-50-48-22-7-13-29-57(48)66(60(50)39-42)55-27-11-5-20-46(55)47-21-6-12-28-56(47)66/h1-39H. The highest BCUT2D eigenvalue weighted by atomic mass is 16.3. The molecule has 1 heterocycles. The van der Waals surface area contributed by atoms with Gasteiger partial charge < -0.3 is 9.32 Å². The van der Waals surface area contributed by atoms with Crippen LogP contribution in [-0.4, -0.2) is 0 Å². The Labute approximate surface area is 393 Å². The van der Waals surface area contributed by atoms with E-state index in [1.165, 1.54) is 99.8 Å². The summed E-state index contributed by atoms with van der Waals surface area (Å²) in [6.07, 6.45) is 0. The fourth-order valence-electron chi connectivity index (χ4n) is 13.6. The molecule has 0 unspecified atom stereocenters. The lowest BCUT2D eigenvalue weighted by molar-refractivity contribution is 0.669. The van der Waals surface area contributed by atoms with Crippen LogP contribution in [0.4, 0.5) is 17.1 Å². The van der Waals surface area contributed by atoms with E-state index in [4.69, 9.17) is 4.42 Å². The summed E-state index contributed by atoms with van der Waals surface area (Å²) in [5, 5.41) is 4.64. The summed E-state index contributed by atoms with van der Waals surface area (Å²) in [7, 11) is 0. The van der Waals surface area contributed by atoms with E-state index in [1.807, 2.05) is 0 Å². The first-order valence-corrected chi connectivity index (χ1v) is 23.8. The normalized spacial score (nSPS) is 14.4. The van der Waals surface area contributed by atoms with Gasteiger partial charge in [0.25, 0.3) is 0 Å². The Kier molecular flexibility index (Phi) is 6.98. The summed E-state index contributed by atoms with van der Waals surface area (Å²) < 4.78 is 7.11. The number of benzene rings is 11. The summed E-state index contributed by atoms with van der Waals surface area (Å²) in [6.45, 7) is 0. The second kappa shape index (κ2) is 13.0. The minimum Gasteiger partial charge on any atom is -0.454 e. The molecule has 0 aliphatic heterocycles. The molecule has 4 aliphatic rings. The number of furan rings is 1. The summed E-state index contributed by atoms with van der Waals surface area (Å²) >= 11 is 0. The van der Waals surface area contributed by atoms with Crippen molar-refractivity contribution in [1.29, 1.82) is 0 Å². The summed E-state index contributed by atoms with van der Waals surface area (Å²) in [5.41, 5.74) is 24.9. The first-order valence-electron chi connectivity index (χ1n) is 23.8. The van der Waals surface area contributed by atoms with Crippen LogP contribution < -0.4 is 4.90 Å². The van der Waals surface area contributed by atoms with Gasteiger partial charge in [0.15, 0.2) is 5.58 Å². The average molecular weight is 862 g/mol. The van der Waals surface area contributed by atoms with E-state index in [0.29, 0.717) is 0 Å². The molecule has 0 fully saturated rings. The van der Waals surface area contributed by atoms with E-state index in [-0.39, 0.29) is 0 Å². The number of para-hydroxylation sites is 1. The quantitative estimate of drug-likeness (QED) is 0.176. The molecule has 12 aromatic rings. The Bertz CT molecular complexity index is 4080. The predicted octanol–water partition coefficient (Wildman–Crippen LogP) is 16.9. The smallest absolute Gasteiger partial charge is 0.159 e. The second-order valence-corrected chi connectivity index (χ2v) is 19.0. The molecule has 0 amide bonds. The van der Waals surface area contributed by atoms with Crippen LogP contribution in [0.1, 0.15) is 44.5 Å². The van der Waals surface area contributed by atoms with Gasteiger partial charge in [0, 0.05) is 22.1 Å². The Hall–Kier alpha value is -8.72. The molecule has 0 radical (unpaired) electrons. The number of anilines is 3. The van der Waals surface area contributed by atoms with Gasteiger partial charge in [0.2, 0.25) is 0 Å². The van der Waals surface area contributed by atoms with Crippen molar-refractivity contribution in [1.82, 2.24) is 0 Å². The molecule has 0 bridgehead atoms. The molecule has 4 aliphatic carbocycles. The third kappa shape index (κ3) is 4.31. The van der Waals surface area contributed by atoms with E-state index < -0.39 is 10.8 Å².